The molecule has 5 nitrogen and oxygen atoms in total. The number of H-pyrrole nitrogens is 1. The highest BCUT2D eigenvalue weighted by Crippen LogP contribution is 2.49. The molecule has 2 fully saturated rings. The summed E-state index contributed by atoms with van der Waals surface area (Å²) in [5.74, 6) is -0.749. The van der Waals surface area contributed by atoms with Gasteiger partial charge in [-0.05, 0) is 24.3 Å². The van der Waals surface area contributed by atoms with Crippen molar-refractivity contribution in [3.05, 3.63) is 48.3 Å². The number of carboxylic acid groups (broad SMARTS) is 1. The molecular formula is C19H20N2O3. The molecule has 2 aliphatic rings. The van der Waals surface area contributed by atoms with E-state index in [0.29, 0.717) is 25.1 Å². The summed E-state index contributed by atoms with van der Waals surface area (Å²) in [6.45, 7) is 0.871. The summed E-state index contributed by atoms with van der Waals surface area (Å²) >= 11 is 0. The van der Waals surface area contributed by atoms with Crippen LogP contribution in [-0.2, 0) is 4.79 Å². The Labute approximate surface area is 140 Å². The molecule has 1 aromatic carbocycles. The third-order valence-corrected chi connectivity index (χ3v) is 5.64. The predicted octanol–water partition coefficient (Wildman–Crippen LogP) is 3.01. The van der Waals surface area contributed by atoms with Crippen molar-refractivity contribution in [3.63, 3.8) is 0 Å². The Kier molecular flexibility index (Phi) is 3.44. The lowest BCUT2D eigenvalue weighted by atomic mass is 9.81. The zero-order valence-electron chi connectivity index (χ0n) is 13.4. The van der Waals surface area contributed by atoms with E-state index in [-0.39, 0.29) is 11.8 Å². The van der Waals surface area contributed by atoms with Crippen LogP contribution in [0.15, 0.2) is 42.7 Å². The summed E-state index contributed by atoms with van der Waals surface area (Å²) in [7, 11) is 0. The number of aromatic amines is 1. The second-order valence-electron chi connectivity index (χ2n) is 6.88. The maximum Gasteiger partial charge on any atom is 0.311 e. The first-order valence-electron chi connectivity index (χ1n) is 8.37. The molecule has 5 heteroatoms. The highest BCUT2D eigenvalue weighted by Gasteiger charge is 2.55. The number of aliphatic carboxylic acids is 1. The number of fused-ring (bicyclic) bond motifs is 1. The standard InChI is InChI=1S/C19H20N2O3/c22-17(16-10-20-9-15(16)13-5-2-1-3-6-13)21-11-14-7-4-8-19(14,12-21)18(23)24/h1-3,5-6,9-10,14,20H,4,7-8,11-12H2,(H,23,24)/t14-,19+/m0/s1. The molecule has 2 N–H and O–H groups in total. The van der Waals surface area contributed by atoms with Gasteiger partial charge < -0.3 is 15.0 Å². The van der Waals surface area contributed by atoms with Gasteiger partial charge in [-0.1, -0.05) is 36.8 Å². The number of nitrogens with one attached hydrogen (secondary N) is 1. The fraction of sp³-hybridized carbons (Fsp3) is 0.368. The number of likely N-dealkylation sites (tertiary alicyclic amines) is 1. The lowest BCUT2D eigenvalue weighted by molar-refractivity contribution is -0.149. The van der Waals surface area contributed by atoms with E-state index in [1.54, 1.807) is 11.1 Å². The number of benzene rings is 1. The highest BCUT2D eigenvalue weighted by molar-refractivity contribution is 6.01. The van der Waals surface area contributed by atoms with E-state index in [9.17, 15) is 14.7 Å². The molecule has 2 atom stereocenters. The molecule has 0 unspecified atom stereocenters. The van der Waals surface area contributed by atoms with Gasteiger partial charge in [-0.3, -0.25) is 9.59 Å². The van der Waals surface area contributed by atoms with Gasteiger partial charge in [-0.25, -0.2) is 0 Å². The topological polar surface area (TPSA) is 73.4 Å². The molecular weight excluding hydrogens is 304 g/mol. The molecule has 1 aromatic heterocycles. The number of nitrogens with zero attached hydrogens (tertiary/aromatic N) is 1. The number of hydrogen-bond acceptors (Lipinski definition) is 2. The Morgan fingerprint density at radius 2 is 2.00 bits per heavy atom. The highest BCUT2D eigenvalue weighted by atomic mass is 16.4. The van der Waals surface area contributed by atoms with Gasteiger partial charge in [0.1, 0.15) is 0 Å². The normalized spacial score (nSPS) is 25.7. The maximum absolute atomic E-state index is 13.0. The van der Waals surface area contributed by atoms with E-state index in [1.165, 1.54) is 0 Å². The van der Waals surface area contributed by atoms with E-state index < -0.39 is 11.4 Å². The summed E-state index contributed by atoms with van der Waals surface area (Å²) in [6, 6.07) is 9.76. The average Bonchev–Trinajstić information content (AvgIpc) is 3.28. The van der Waals surface area contributed by atoms with Gasteiger partial charge in [0.25, 0.3) is 5.91 Å². The van der Waals surface area contributed by atoms with Crippen molar-refractivity contribution in [3.8, 4) is 11.1 Å². The SMILES string of the molecule is O=C(c1c[nH]cc1-c1ccccc1)N1C[C@@H]2CCC[C@@]2(C(=O)O)C1. The van der Waals surface area contributed by atoms with Crippen LogP contribution in [0, 0.1) is 11.3 Å². The third-order valence-electron chi connectivity index (χ3n) is 5.64. The van der Waals surface area contributed by atoms with Gasteiger partial charge in [-0.15, -0.1) is 0 Å². The van der Waals surface area contributed by atoms with Crippen LogP contribution in [0.5, 0.6) is 0 Å². The summed E-state index contributed by atoms with van der Waals surface area (Å²) in [5, 5.41) is 9.69. The Bertz CT molecular complexity index is 783. The quantitative estimate of drug-likeness (QED) is 0.911. The smallest absolute Gasteiger partial charge is 0.311 e. The average molecular weight is 324 g/mol. The summed E-state index contributed by atoms with van der Waals surface area (Å²) in [5.41, 5.74) is 1.72. The van der Waals surface area contributed by atoms with Crippen LogP contribution in [0.4, 0.5) is 0 Å². The lowest BCUT2D eigenvalue weighted by Crippen LogP contribution is -2.37. The maximum atomic E-state index is 13.0. The van der Waals surface area contributed by atoms with Crippen molar-refractivity contribution < 1.29 is 14.7 Å². The minimum absolute atomic E-state index is 0.0786. The lowest BCUT2D eigenvalue weighted by Gasteiger charge is -2.23. The number of aromatic nitrogens is 1. The summed E-state index contributed by atoms with van der Waals surface area (Å²) in [4.78, 5) is 29.6. The molecule has 124 valence electrons. The van der Waals surface area contributed by atoms with E-state index in [0.717, 1.165) is 24.0 Å². The monoisotopic (exact) mass is 324 g/mol. The van der Waals surface area contributed by atoms with Gasteiger partial charge in [0.05, 0.1) is 11.0 Å². The molecule has 1 saturated heterocycles. The van der Waals surface area contributed by atoms with E-state index >= 15 is 0 Å². The van der Waals surface area contributed by atoms with Crippen molar-refractivity contribution in [1.82, 2.24) is 9.88 Å². The number of rotatable bonds is 3. The van der Waals surface area contributed by atoms with Crippen molar-refractivity contribution in [1.29, 1.82) is 0 Å². The van der Waals surface area contributed by atoms with Crippen LogP contribution in [0.2, 0.25) is 0 Å². The second-order valence-corrected chi connectivity index (χ2v) is 6.88. The zero-order valence-corrected chi connectivity index (χ0v) is 13.4. The predicted molar refractivity (Wildman–Crippen MR) is 89.5 cm³/mol. The first-order valence-corrected chi connectivity index (χ1v) is 8.37. The van der Waals surface area contributed by atoms with Crippen LogP contribution in [0.25, 0.3) is 11.1 Å². The molecule has 2 heterocycles. The molecule has 0 radical (unpaired) electrons. The molecule has 0 spiro atoms. The second kappa shape index (κ2) is 5.51. The molecule has 24 heavy (non-hydrogen) atoms. The van der Waals surface area contributed by atoms with Crippen molar-refractivity contribution >= 4 is 11.9 Å². The third kappa shape index (κ3) is 2.15. The van der Waals surface area contributed by atoms with Crippen molar-refractivity contribution in [2.24, 2.45) is 11.3 Å². The Balaban J connectivity index is 1.63. The van der Waals surface area contributed by atoms with Crippen LogP contribution < -0.4 is 0 Å². The molecule has 0 bridgehead atoms. The van der Waals surface area contributed by atoms with Gasteiger partial charge in [0, 0.05) is 31.0 Å². The minimum atomic E-state index is -0.752. The Morgan fingerprint density at radius 3 is 2.71 bits per heavy atom. The largest absolute Gasteiger partial charge is 0.481 e. The zero-order chi connectivity index (χ0) is 16.7. The van der Waals surface area contributed by atoms with Crippen LogP contribution in [0.1, 0.15) is 29.6 Å². The van der Waals surface area contributed by atoms with Crippen LogP contribution >= 0.6 is 0 Å². The van der Waals surface area contributed by atoms with Gasteiger partial charge in [0.2, 0.25) is 0 Å². The van der Waals surface area contributed by atoms with E-state index in [4.69, 9.17) is 0 Å². The fourth-order valence-electron chi connectivity index (χ4n) is 4.36. The molecule has 1 amide bonds. The van der Waals surface area contributed by atoms with Gasteiger partial charge in [-0.2, -0.15) is 0 Å². The van der Waals surface area contributed by atoms with Crippen molar-refractivity contribution in [2.75, 3.05) is 13.1 Å². The van der Waals surface area contributed by atoms with Crippen LogP contribution in [0.3, 0.4) is 0 Å². The molecule has 1 aliphatic carbocycles. The number of carbonyl (C=O) groups is 2. The molecule has 1 aliphatic heterocycles. The van der Waals surface area contributed by atoms with Crippen LogP contribution in [-0.4, -0.2) is 40.0 Å². The number of hydrogen-bond donors (Lipinski definition) is 2. The van der Waals surface area contributed by atoms with E-state index in [2.05, 4.69) is 4.98 Å². The fourth-order valence-corrected chi connectivity index (χ4v) is 4.36. The van der Waals surface area contributed by atoms with Gasteiger partial charge in [0.15, 0.2) is 0 Å². The summed E-state index contributed by atoms with van der Waals surface area (Å²) in [6.07, 6.45) is 6.06. The van der Waals surface area contributed by atoms with E-state index in [1.807, 2.05) is 36.5 Å². The molecule has 1 saturated carbocycles. The molecule has 4 rings (SSSR count). The Morgan fingerprint density at radius 1 is 1.21 bits per heavy atom. The first-order chi connectivity index (χ1) is 11.6. The molecule has 2 aromatic rings. The van der Waals surface area contributed by atoms with Gasteiger partial charge >= 0.3 is 5.97 Å². The number of carboxylic acids is 1. The number of carbonyl (C=O) groups excluding carboxylic acids is 1. The van der Waals surface area contributed by atoms with Crippen molar-refractivity contribution in [2.45, 2.75) is 19.3 Å². The number of amides is 1. The first kappa shape index (κ1) is 15.0. The summed E-state index contributed by atoms with van der Waals surface area (Å²) < 4.78 is 0. The Hall–Kier alpha value is -2.56. The minimum Gasteiger partial charge on any atom is -0.481 e.